The van der Waals surface area contributed by atoms with E-state index in [2.05, 4.69) is 6.58 Å². The maximum atomic E-state index is 12.7. The normalized spacial score (nSPS) is 41.9. The van der Waals surface area contributed by atoms with Crippen LogP contribution in [0.4, 0.5) is 0 Å². The zero-order valence-corrected chi connectivity index (χ0v) is 17.6. The van der Waals surface area contributed by atoms with Crippen LogP contribution in [0.2, 0.25) is 0 Å². The van der Waals surface area contributed by atoms with Gasteiger partial charge in [-0.1, -0.05) is 26.5 Å². The van der Waals surface area contributed by atoms with Crippen LogP contribution in [0.3, 0.4) is 0 Å². The summed E-state index contributed by atoms with van der Waals surface area (Å²) in [4.78, 5) is 36.6. The minimum absolute atomic E-state index is 0.0424. The molecule has 0 aromatic carbocycles. The van der Waals surface area contributed by atoms with Gasteiger partial charge in [-0.25, -0.2) is 9.59 Å². The Hall–Kier alpha value is -2.15. The van der Waals surface area contributed by atoms with E-state index in [1.807, 2.05) is 13.8 Å². The van der Waals surface area contributed by atoms with Crippen LogP contribution in [0.5, 0.6) is 0 Å². The van der Waals surface area contributed by atoms with Crippen molar-refractivity contribution in [2.24, 2.45) is 23.2 Å². The number of allylic oxidation sites excluding steroid dienone is 1. The molecule has 3 rings (SSSR count). The van der Waals surface area contributed by atoms with E-state index in [1.54, 1.807) is 19.9 Å². The monoisotopic (exact) mass is 406 g/mol. The molecule has 7 nitrogen and oxygen atoms in total. The molecule has 1 saturated heterocycles. The van der Waals surface area contributed by atoms with E-state index in [0.717, 1.165) is 0 Å². The minimum Gasteiger partial charge on any atom is -0.462 e. The number of hydrogen-bond donors (Lipinski definition) is 1. The Kier molecular flexibility index (Phi) is 5.64. The van der Waals surface area contributed by atoms with Crippen LogP contribution in [0.25, 0.3) is 0 Å². The molecule has 2 aliphatic carbocycles. The Morgan fingerprint density at radius 3 is 2.52 bits per heavy atom. The van der Waals surface area contributed by atoms with Crippen molar-refractivity contribution in [1.82, 2.24) is 0 Å². The van der Waals surface area contributed by atoms with Gasteiger partial charge >= 0.3 is 17.9 Å². The Morgan fingerprint density at radius 2 is 1.93 bits per heavy atom. The minimum atomic E-state index is -0.931. The van der Waals surface area contributed by atoms with E-state index in [9.17, 15) is 19.5 Å². The molecule has 0 amide bonds. The van der Waals surface area contributed by atoms with Crippen LogP contribution in [0, 0.1) is 23.2 Å². The summed E-state index contributed by atoms with van der Waals surface area (Å²) < 4.78 is 17.1. The lowest BCUT2D eigenvalue weighted by molar-refractivity contribution is -0.169. The zero-order valence-electron chi connectivity index (χ0n) is 17.6. The van der Waals surface area contributed by atoms with Crippen molar-refractivity contribution in [1.29, 1.82) is 0 Å². The van der Waals surface area contributed by atoms with E-state index in [-0.39, 0.29) is 23.8 Å². The summed E-state index contributed by atoms with van der Waals surface area (Å²) in [5.74, 6) is -2.29. The molecule has 1 aliphatic heterocycles. The lowest BCUT2D eigenvalue weighted by Gasteiger charge is -2.43. The Balaban J connectivity index is 2.10. The van der Waals surface area contributed by atoms with E-state index in [1.165, 1.54) is 6.92 Å². The summed E-state index contributed by atoms with van der Waals surface area (Å²) in [6.45, 7) is 12.5. The van der Waals surface area contributed by atoms with Gasteiger partial charge in [-0.05, 0) is 26.2 Å². The first-order chi connectivity index (χ1) is 13.5. The molecule has 8 atom stereocenters. The standard InChI is InChI=1S/C22H30O7/c1-7-10(2)20(25)29-19-17-12(4)21(26)28-14(17)8-11(3)18-15(27-13(5)23)9-16(24)22(18,19)6/h7,11,14-19,24H,4,8-9H2,1-3,5-6H3/b10-7-/t11-,14-,15+,16-,17-,18-,19+,22-/m1/s1. The van der Waals surface area contributed by atoms with Crippen LogP contribution in [-0.4, -0.2) is 47.4 Å². The second kappa shape index (κ2) is 7.59. The fourth-order valence-electron chi connectivity index (χ4n) is 5.58. The molecule has 2 saturated carbocycles. The molecule has 160 valence electrons. The first-order valence-electron chi connectivity index (χ1n) is 10.1. The molecule has 1 N–H and O–H groups in total. The smallest absolute Gasteiger partial charge is 0.334 e. The third kappa shape index (κ3) is 3.39. The lowest BCUT2D eigenvalue weighted by Crippen LogP contribution is -2.51. The summed E-state index contributed by atoms with van der Waals surface area (Å²) in [5, 5.41) is 11.1. The predicted octanol–water partition coefficient (Wildman–Crippen LogP) is 2.32. The molecular formula is C22H30O7. The van der Waals surface area contributed by atoms with Gasteiger partial charge in [0.1, 0.15) is 18.3 Å². The molecule has 3 aliphatic rings. The molecule has 0 aromatic rings. The number of fused-ring (bicyclic) bond motifs is 2. The number of aliphatic hydroxyl groups excluding tert-OH is 1. The average Bonchev–Trinajstić information content (AvgIpc) is 3.01. The summed E-state index contributed by atoms with van der Waals surface area (Å²) >= 11 is 0. The highest BCUT2D eigenvalue weighted by molar-refractivity contribution is 5.91. The van der Waals surface area contributed by atoms with Gasteiger partial charge < -0.3 is 19.3 Å². The quantitative estimate of drug-likeness (QED) is 0.436. The Morgan fingerprint density at radius 1 is 1.28 bits per heavy atom. The van der Waals surface area contributed by atoms with Gasteiger partial charge in [-0.3, -0.25) is 4.79 Å². The molecule has 7 heteroatoms. The van der Waals surface area contributed by atoms with Crippen molar-refractivity contribution < 1.29 is 33.7 Å². The highest BCUT2D eigenvalue weighted by Crippen LogP contribution is 2.58. The molecular weight excluding hydrogens is 376 g/mol. The fourth-order valence-corrected chi connectivity index (χ4v) is 5.58. The van der Waals surface area contributed by atoms with Crippen LogP contribution in [-0.2, 0) is 28.6 Å². The van der Waals surface area contributed by atoms with Crippen LogP contribution >= 0.6 is 0 Å². The summed E-state index contributed by atoms with van der Waals surface area (Å²) in [5.41, 5.74) is -0.249. The first kappa shape index (κ1) is 21.6. The van der Waals surface area contributed by atoms with Gasteiger partial charge in [0.05, 0.1) is 12.0 Å². The van der Waals surface area contributed by atoms with Crippen LogP contribution < -0.4 is 0 Å². The molecule has 0 aromatic heterocycles. The van der Waals surface area contributed by atoms with Crippen molar-refractivity contribution in [2.45, 2.75) is 71.9 Å². The Labute approximate surface area is 171 Å². The molecule has 0 unspecified atom stereocenters. The van der Waals surface area contributed by atoms with Crippen molar-refractivity contribution in [3.05, 3.63) is 23.8 Å². The lowest BCUT2D eigenvalue weighted by atomic mass is 9.66. The number of esters is 3. The number of ether oxygens (including phenoxy) is 3. The molecule has 0 bridgehead atoms. The Bertz CT molecular complexity index is 769. The maximum Gasteiger partial charge on any atom is 0.334 e. The molecule has 1 heterocycles. The van der Waals surface area contributed by atoms with Crippen molar-refractivity contribution >= 4 is 17.9 Å². The van der Waals surface area contributed by atoms with Crippen molar-refractivity contribution in [2.75, 3.05) is 0 Å². The number of aliphatic hydroxyl groups is 1. The van der Waals surface area contributed by atoms with Gasteiger partial charge in [-0.15, -0.1) is 0 Å². The first-order valence-corrected chi connectivity index (χ1v) is 10.1. The van der Waals surface area contributed by atoms with Crippen molar-refractivity contribution in [3.63, 3.8) is 0 Å². The van der Waals surface area contributed by atoms with Crippen molar-refractivity contribution in [3.8, 4) is 0 Å². The third-order valence-electron chi connectivity index (χ3n) is 7.08. The van der Waals surface area contributed by atoms with Gasteiger partial charge in [0.25, 0.3) is 0 Å². The van der Waals surface area contributed by atoms with Gasteiger partial charge in [0.15, 0.2) is 0 Å². The third-order valence-corrected chi connectivity index (χ3v) is 7.08. The number of carbonyl (C=O) groups is 3. The van der Waals surface area contributed by atoms with Crippen LogP contribution in [0.15, 0.2) is 23.8 Å². The SMILES string of the molecule is C=C1C(=O)O[C@@H]2C[C@@H](C)[C@@H]3[C@@H](OC(C)=O)C[C@@H](O)[C@@]3(C)[C@@H](OC(=O)/C(C)=C\C)[C@H]12. The second-order valence-corrected chi connectivity index (χ2v) is 8.80. The molecule has 3 fully saturated rings. The maximum absolute atomic E-state index is 12.7. The second-order valence-electron chi connectivity index (χ2n) is 8.80. The highest BCUT2D eigenvalue weighted by Gasteiger charge is 2.66. The number of carbonyl (C=O) groups excluding carboxylic acids is 3. The predicted molar refractivity (Wildman–Crippen MR) is 103 cm³/mol. The fraction of sp³-hybridized carbons (Fsp3) is 0.682. The number of rotatable bonds is 3. The number of hydrogen-bond acceptors (Lipinski definition) is 7. The summed E-state index contributed by atoms with van der Waals surface area (Å²) in [6, 6.07) is 0. The highest BCUT2D eigenvalue weighted by atomic mass is 16.6. The van der Waals surface area contributed by atoms with E-state index in [4.69, 9.17) is 14.2 Å². The zero-order chi connectivity index (χ0) is 21.7. The molecule has 0 spiro atoms. The van der Waals surface area contributed by atoms with Gasteiger partial charge in [0, 0.05) is 35.8 Å². The average molecular weight is 406 g/mol. The van der Waals surface area contributed by atoms with E-state index >= 15 is 0 Å². The summed E-state index contributed by atoms with van der Waals surface area (Å²) in [7, 11) is 0. The molecule has 29 heavy (non-hydrogen) atoms. The van der Waals surface area contributed by atoms with E-state index < -0.39 is 53.7 Å². The van der Waals surface area contributed by atoms with Gasteiger partial charge in [0.2, 0.25) is 0 Å². The largest absolute Gasteiger partial charge is 0.462 e. The topological polar surface area (TPSA) is 99.1 Å². The summed E-state index contributed by atoms with van der Waals surface area (Å²) in [6.07, 6.45) is -0.311. The van der Waals surface area contributed by atoms with Gasteiger partial charge in [-0.2, -0.15) is 0 Å². The van der Waals surface area contributed by atoms with E-state index in [0.29, 0.717) is 12.0 Å². The van der Waals surface area contributed by atoms with Crippen LogP contribution in [0.1, 0.15) is 47.5 Å². The molecule has 0 radical (unpaired) electrons.